The molecule has 0 bridgehead atoms. The fraction of sp³-hybridized carbons (Fsp3) is 0.652. The highest BCUT2D eigenvalue weighted by Crippen LogP contribution is 2.27. The Labute approximate surface area is 164 Å². The summed E-state index contributed by atoms with van der Waals surface area (Å²) in [6.45, 7) is 1.46. The number of hydrogen-bond donors (Lipinski definition) is 2. The van der Waals surface area contributed by atoms with Gasteiger partial charge in [-0.15, -0.1) is 0 Å². The van der Waals surface area contributed by atoms with Crippen LogP contribution >= 0.6 is 0 Å². The minimum Gasteiger partial charge on any atom is -0.393 e. The van der Waals surface area contributed by atoms with E-state index >= 15 is 0 Å². The lowest BCUT2D eigenvalue weighted by atomic mass is 9.90. The van der Waals surface area contributed by atoms with Gasteiger partial charge in [0.2, 0.25) is 0 Å². The summed E-state index contributed by atoms with van der Waals surface area (Å²) in [4.78, 5) is 23.1. The molecule has 0 radical (unpaired) electrons. The first-order valence-corrected chi connectivity index (χ1v) is 10.4. The molecule has 3 atom stereocenters. The van der Waals surface area contributed by atoms with Gasteiger partial charge in [0.05, 0.1) is 6.10 Å². The number of aliphatic hydroxyl groups excluding tert-OH is 2. The summed E-state index contributed by atoms with van der Waals surface area (Å²) in [7, 11) is 0. The van der Waals surface area contributed by atoms with E-state index in [1.807, 2.05) is 25.2 Å². The van der Waals surface area contributed by atoms with E-state index in [0.717, 1.165) is 51.4 Å². The molecule has 1 rings (SSSR count). The number of carbonyl (C=O) groups excluding carboxylic acids is 2. The highest BCUT2D eigenvalue weighted by molar-refractivity contribution is 5.95. The van der Waals surface area contributed by atoms with Crippen LogP contribution in [0.3, 0.4) is 0 Å². The molecule has 0 amide bonds. The fourth-order valence-electron chi connectivity index (χ4n) is 3.29. The van der Waals surface area contributed by atoms with E-state index in [9.17, 15) is 14.7 Å². The molecular weight excluding hydrogens is 340 g/mol. The van der Waals surface area contributed by atoms with Gasteiger partial charge in [0.25, 0.3) is 0 Å². The monoisotopic (exact) mass is 376 g/mol. The molecule has 0 spiro atoms. The highest BCUT2D eigenvalue weighted by Gasteiger charge is 2.26. The van der Waals surface area contributed by atoms with E-state index in [0.29, 0.717) is 6.42 Å². The number of unbranched alkanes of at least 4 members (excludes halogenated alkanes) is 5. The van der Waals surface area contributed by atoms with Crippen LogP contribution in [0.1, 0.15) is 71.1 Å². The van der Waals surface area contributed by atoms with Crippen molar-refractivity contribution in [1.82, 2.24) is 0 Å². The Kier molecular flexibility index (Phi) is 12.7. The van der Waals surface area contributed by atoms with Gasteiger partial charge in [0.1, 0.15) is 6.61 Å². The normalized spacial score (nSPS) is 20.9. The van der Waals surface area contributed by atoms with E-state index in [1.165, 1.54) is 6.42 Å². The van der Waals surface area contributed by atoms with E-state index in [-0.39, 0.29) is 36.1 Å². The predicted molar refractivity (Wildman–Crippen MR) is 109 cm³/mol. The SMILES string of the molecule is CC(O)CCCCCCC=C[C@H]1C=CC(=O)[C@@H]1CC=CCCCC(=O)CO. The van der Waals surface area contributed by atoms with Gasteiger partial charge >= 0.3 is 0 Å². The van der Waals surface area contributed by atoms with Gasteiger partial charge in [-0.2, -0.15) is 0 Å². The number of aliphatic hydroxyl groups is 2. The lowest BCUT2D eigenvalue weighted by Gasteiger charge is -2.12. The first-order valence-electron chi connectivity index (χ1n) is 10.4. The third kappa shape index (κ3) is 11.0. The van der Waals surface area contributed by atoms with Crippen molar-refractivity contribution in [1.29, 1.82) is 0 Å². The molecule has 2 N–H and O–H groups in total. The van der Waals surface area contributed by atoms with Gasteiger partial charge in [-0.05, 0) is 51.5 Å². The molecule has 1 unspecified atom stereocenters. The minimum absolute atomic E-state index is 0.00242. The Morgan fingerprint density at radius 3 is 2.59 bits per heavy atom. The molecule has 0 aromatic rings. The molecule has 0 fully saturated rings. The first kappa shape index (κ1) is 23.5. The maximum atomic E-state index is 12.0. The maximum absolute atomic E-state index is 12.0. The van der Waals surface area contributed by atoms with Gasteiger partial charge < -0.3 is 10.2 Å². The molecule has 4 heteroatoms. The molecule has 0 saturated carbocycles. The smallest absolute Gasteiger partial charge is 0.159 e. The lowest BCUT2D eigenvalue weighted by molar-refractivity contribution is -0.121. The molecule has 4 nitrogen and oxygen atoms in total. The molecule has 0 saturated heterocycles. The van der Waals surface area contributed by atoms with Crippen molar-refractivity contribution in [3.63, 3.8) is 0 Å². The Morgan fingerprint density at radius 2 is 1.85 bits per heavy atom. The second-order valence-corrected chi connectivity index (χ2v) is 7.51. The van der Waals surface area contributed by atoms with Gasteiger partial charge in [-0.1, -0.05) is 49.6 Å². The number of ketones is 2. The molecule has 0 aromatic carbocycles. The molecular formula is C23H36O4. The fourth-order valence-corrected chi connectivity index (χ4v) is 3.29. The zero-order valence-corrected chi connectivity index (χ0v) is 16.7. The maximum Gasteiger partial charge on any atom is 0.159 e. The topological polar surface area (TPSA) is 74.6 Å². The largest absolute Gasteiger partial charge is 0.393 e. The summed E-state index contributed by atoms with van der Waals surface area (Å²) < 4.78 is 0. The number of hydrogen-bond acceptors (Lipinski definition) is 4. The second kappa shape index (κ2) is 14.5. The summed E-state index contributed by atoms with van der Waals surface area (Å²) >= 11 is 0. The van der Waals surface area contributed by atoms with Crippen LogP contribution in [0.2, 0.25) is 0 Å². The second-order valence-electron chi connectivity index (χ2n) is 7.51. The van der Waals surface area contributed by atoms with E-state index < -0.39 is 0 Å². The number of rotatable bonds is 15. The molecule has 1 aliphatic carbocycles. The quantitative estimate of drug-likeness (QED) is 0.330. The summed E-state index contributed by atoms with van der Waals surface area (Å²) in [6.07, 6.45) is 21.1. The Bertz CT molecular complexity index is 516. The van der Waals surface area contributed by atoms with Crippen molar-refractivity contribution in [3.8, 4) is 0 Å². The van der Waals surface area contributed by atoms with E-state index in [1.54, 1.807) is 6.08 Å². The summed E-state index contributed by atoms with van der Waals surface area (Å²) in [6, 6.07) is 0. The standard InChI is InChI=1S/C23H36O4/c1-19(25)12-8-4-2-3-5-9-13-20-16-17-23(27)22(20)15-11-7-6-10-14-21(26)18-24/h7,9,11,13,16-17,19-20,22,24-25H,2-6,8,10,12,14-15,18H2,1H3/t19?,20-,22+/m0/s1. The van der Waals surface area contributed by atoms with Gasteiger partial charge in [-0.3, -0.25) is 9.59 Å². The van der Waals surface area contributed by atoms with Crippen LogP contribution in [0.15, 0.2) is 36.5 Å². The molecule has 152 valence electrons. The van der Waals surface area contributed by atoms with Crippen LogP contribution in [0.25, 0.3) is 0 Å². The van der Waals surface area contributed by atoms with Crippen molar-refractivity contribution in [2.24, 2.45) is 11.8 Å². The number of allylic oxidation sites excluding steroid dienone is 6. The third-order valence-electron chi connectivity index (χ3n) is 4.97. The first-order chi connectivity index (χ1) is 13.0. The van der Waals surface area contributed by atoms with Crippen molar-refractivity contribution in [3.05, 3.63) is 36.5 Å². The van der Waals surface area contributed by atoms with E-state index in [2.05, 4.69) is 12.2 Å². The van der Waals surface area contributed by atoms with Gasteiger partial charge in [0.15, 0.2) is 11.6 Å². The van der Waals surface area contributed by atoms with Crippen LogP contribution in [0.4, 0.5) is 0 Å². The molecule has 1 aliphatic rings. The average molecular weight is 377 g/mol. The van der Waals surface area contributed by atoms with Gasteiger partial charge in [0, 0.05) is 18.3 Å². The zero-order valence-electron chi connectivity index (χ0n) is 16.7. The van der Waals surface area contributed by atoms with Crippen LogP contribution in [0, 0.1) is 11.8 Å². The molecule has 0 aliphatic heterocycles. The predicted octanol–water partition coefficient (Wildman–Crippen LogP) is 4.31. The third-order valence-corrected chi connectivity index (χ3v) is 4.97. The van der Waals surface area contributed by atoms with Crippen LogP contribution in [0.5, 0.6) is 0 Å². The number of carbonyl (C=O) groups is 2. The van der Waals surface area contributed by atoms with E-state index in [4.69, 9.17) is 5.11 Å². The molecule has 0 heterocycles. The highest BCUT2D eigenvalue weighted by atomic mass is 16.3. The lowest BCUT2D eigenvalue weighted by Crippen LogP contribution is -2.13. The van der Waals surface area contributed by atoms with Crippen LogP contribution in [-0.2, 0) is 9.59 Å². The zero-order chi connectivity index (χ0) is 19.9. The van der Waals surface area contributed by atoms with Crippen molar-refractivity contribution >= 4 is 11.6 Å². The Hall–Kier alpha value is -1.52. The van der Waals surface area contributed by atoms with Crippen LogP contribution in [-0.4, -0.2) is 34.5 Å². The minimum atomic E-state index is -0.373. The average Bonchev–Trinajstić information content (AvgIpc) is 2.99. The number of Topliss-reactive ketones (excluding diaryl/α,β-unsaturated/α-hetero) is 1. The summed E-state index contributed by atoms with van der Waals surface area (Å²) in [5.74, 6) is 0.269. The Morgan fingerprint density at radius 1 is 1.11 bits per heavy atom. The van der Waals surface area contributed by atoms with Crippen molar-refractivity contribution in [2.75, 3.05) is 6.61 Å². The van der Waals surface area contributed by atoms with Gasteiger partial charge in [-0.25, -0.2) is 0 Å². The molecule has 27 heavy (non-hydrogen) atoms. The summed E-state index contributed by atoms with van der Waals surface area (Å²) in [5, 5.41) is 17.9. The van der Waals surface area contributed by atoms with Crippen molar-refractivity contribution < 1.29 is 19.8 Å². The summed E-state index contributed by atoms with van der Waals surface area (Å²) in [5.41, 5.74) is 0. The Balaban J connectivity index is 2.21. The van der Waals surface area contributed by atoms with Crippen molar-refractivity contribution in [2.45, 2.75) is 77.2 Å². The molecule has 0 aromatic heterocycles. The van der Waals surface area contributed by atoms with Crippen LogP contribution < -0.4 is 0 Å².